The molecule has 0 saturated carbocycles. The van der Waals surface area contributed by atoms with E-state index in [-0.39, 0.29) is 17.8 Å². The molecule has 0 radical (unpaired) electrons. The van der Waals surface area contributed by atoms with Gasteiger partial charge in [-0.2, -0.15) is 11.3 Å². The summed E-state index contributed by atoms with van der Waals surface area (Å²) < 4.78 is 1.62. The summed E-state index contributed by atoms with van der Waals surface area (Å²) in [4.78, 5) is 26.1. The molecular formula is C13H16N4O3S. The molecule has 0 aromatic carbocycles. The van der Waals surface area contributed by atoms with Crippen molar-refractivity contribution in [1.82, 2.24) is 20.2 Å². The Morgan fingerprint density at radius 2 is 2.33 bits per heavy atom. The number of carbonyl (C=O) groups excluding carboxylic acids is 1. The van der Waals surface area contributed by atoms with Crippen LogP contribution in [0.15, 0.2) is 29.4 Å². The monoisotopic (exact) mass is 308 g/mol. The molecule has 2 heterocycles. The van der Waals surface area contributed by atoms with Crippen molar-refractivity contribution in [2.24, 2.45) is 0 Å². The van der Waals surface area contributed by atoms with Crippen LogP contribution in [0, 0.1) is 0 Å². The van der Waals surface area contributed by atoms with Gasteiger partial charge in [-0.3, -0.25) is 0 Å². The summed E-state index contributed by atoms with van der Waals surface area (Å²) >= 11 is 1.58. The molecule has 0 fully saturated rings. The van der Waals surface area contributed by atoms with Crippen molar-refractivity contribution in [2.45, 2.75) is 19.5 Å². The molecule has 7 nitrogen and oxygen atoms in total. The van der Waals surface area contributed by atoms with Crippen LogP contribution < -0.4 is 10.6 Å². The van der Waals surface area contributed by atoms with Gasteiger partial charge in [0.05, 0.1) is 12.4 Å². The Morgan fingerprint density at radius 1 is 1.52 bits per heavy atom. The van der Waals surface area contributed by atoms with E-state index in [0.717, 1.165) is 5.56 Å². The van der Waals surface area contributed by atoms with E-state index >= 15 is 0 Å². The Morgan fingerprint density at radius 3 is 2.95 bits per heavy atom. The maximum Gasteiger partial charge on any atom is 0.356 e. The molecule has 0 bridgehead atoms. The maximum atomic E-state index is 11.7. The first-order valence-electron chi connectivity index (χ1n) is 6.38. The number of amides is 2. The van der Waals surface area contributed by atoms with Crippen molar-refractivity contribution in [1.29, 1.82) is 0 Å². The summed E-state index contributed by atoms with van der Waals surface area (Å²) in [5.74, 6) is -1.07. The Bertz CT molecular complexity index is 609. The van der Waals surface area contributed by atoms with Gasteiger partial charge in [0, 0.05) is 19.3 Å². The lowest BCUT2D eigenvalue weighted by molar-refractivity contribution is 0.0691. The lowest BCUT2D eigenvalue weighted by Crippen LogP contribution is -2.38. The molecule has 0 saturated heterocycles. The number of nitrogens with one attached hydrogen (secondary N) is 2. The van der Waals surface area contributed by atoms with Gasteiger partial charge in [-0.1, -0.05) is 0 Å². The summed E-state index contributed by atoms with van der Waals surface area (Å²) in [6.45, 7) is 2.76. The number of carboxylic acid groups (broad SMARTS) is 1. The van der Waals surface area contributed by atoms with E-state index < -0.39 is 5.97 Å². The molecule has 2 aromatic rings. The van der Waals surface area contributed by atoms with Crippen molar-refractivity contribution in [2.75, 3.05) is 6.54 Å². The summed E-state index contributed by atoms with van der Waals surface area (Å²) in [6.07, 6.45) is 2.85. The van der Waals surface area contributed by atoms with Crippen LogP contribution in [-0.2, 0) is 6.54 Å². The van der Waals surface area contributed by atoms with Crippen LogP contribution in [0.1, 0.15) is 29.0 Å². The number of aromatic carboxylic acids is 1. The van der Waals surface area contributed by atoms with Gasteiger partial charge in [0.25, 0.3) is 0 Å². The minimum Gasteiger partial charge on any atom is -0.476 e. The van der Waals surface area contributed by atoms with Gasteiger partial charge in [0.15, 0.2) is 5.69 Å². The number of urea groups is 1. The van der Waals surface area contributed by atoms with Crippen LogP contribution >= 0.6 is 11.3 Å². The average molecular weight is 308 g/mol. The molecule has 8 heteroatoms. The van der Waals surface area contributed by atoms with E-state index in [1.54, 1.807) is 15.9 Å². The Balaban J connectivity index is 1.72. The first-order valence-corrected chi connectivity index (χ1v) is 7.32. The van der Waals surface area contributed by atoms with Crippen LogP contribution in [0.4, 0.5) is 4.79 Å². The molecule has 0 aliphatic heterocycles. The van der Waals surface area contributed by atoms with Crippen molar-refractivity contribution in [3.63, 3.8) is 0 Å². The van der Waals surface area contributed by atoms with Gasteiger partial charge in [0.2, 0.25) is 0 Å². The van der Waals surface area contributed by atoms with Gasteiger partial charge in [-0.15, -0.1) is 0 Å². The second-order valence-electron chi connectivity index (χ2n) is 4.48. The second-order valence-corrected chi connectivity index (χ2v) is 5.26. The third-order valence-corrected chi connectivity index (χ3v) is 3.60. The lowest BCUT2D eigenvalue weighted by atomic mass is 10.2. The fraction of sp³-hybridized carbons (Fsp3) is 0.308. The first-order chi connectivity index (χ1) is 10.1. The van der Waals surface area contributed by atoms with Crippen molar-refractivity contribution < 1.29 is 14.7 Å². The number of nitrogens with zero attached hydrogens (tertiary/aromatic N) is 2. The highest BCUT2D eigenvalue weighted by molar-refractivity contribution is 7.07. The third kappa shape index (κ3) is 4.32. The van der Waals surface area contributed by atoms with Crippen LogP contribution in [0.3, 0.4) is 0 Å². The highest BCUT2D eigenvalue weighted by Crippen LogP contribution is 2.14. The summed E-state index contributed by atoms with van der Waals surface area (Å²) in [5, 5.41) is 18.2. The predicted octanol–water partition coefficient (Wildman–Crippen LogP) is 1.70. The fourth-order valence-electron chi connectivity index (χ4n) is 1.74. The zero-order valence-electron chi connectivity index (χ0n) is 11.4. The van der Waals surface area contributed by atoms with E-state index in [1.165, 1.54) is 12.5 Å². The van der Waals surface area contributed by atoms with E-state index in [9.17, 15) is 9.59 Å². The van der Waals surface area contributed by atoms with Gasteiger partial charge in [-0.25, -0.2) is 14.6 Å². The number of carbonyl (C=O) groups is 2. The minimum atomic E-state index is -1.07. The average Bonchev–Trinajstić information content (AvgIpc) is 3.10. The number of hydrogen-bond acceptors (Lipinski definition) is 4. The molecule has 0 spiro atoms. The molecule has 3 N–H and O–H groups in total. The van der Waals surface area contributed by atoms with Gasteiger partial charge in [0.1, 0.15) is 0 Å². The van der Waals surface area contributed by atoms with Crippen LogP contribution in [-0.4, -0.2) is 33.2 Å². The molecule has 2 rings (SSSR count). The SMILES string of the molecule is CC(NC(=O)NCCn1cnc(C(=O)O)c1)c1ccsc1. The van der Waals surface area contributed by atoms with E-state index in [4.69, 9.17) is 5.11 Å². The lowest BCUT2D eigenvalue weighted by Gasteiger charge is -2.13. The molecule has 0 aliphatic carbocycles. The van der Waals surface area contributed by atoms with Crippen LogP contribution in [0.5, 0.6) is 0 Å². The number of carboxylic acids is 1. The van der Waals surface area contributed by atoms with Crippen molar-refractivity contribution in [3.8, 4) is 0 Å². The first kappa shape index (κ1) is 15.0. The summed E-state index contributed by atoms with van der Waals surface area (Å²) in [7, 11) is 0. The third-order valence-electron chi connectivity index (χ3n) is 2.90. The standard InChI is InChI=1S/C13H16N4O3S/c1-9(10-2-5-21-7-10)16-13(20)14-3-4-17-6-11(12(18)19)15-8-17/h2,5-9H,3-4H2,1H3,(H,18,19)(H2,14,16,20). The molecule has 2 amide bonds. The summed E-state index contributed by atoms with van der Waals surface area (Å²) in [6, 6.07) is 1.66. The van der Waals surface area contributed by atoms with Gasteiger partial charge >= 0.3 is 12.0 Å². The molecule has 21 heavy (non-hydrogen) atoms. The van der Waals surface area contributed by atoms with Crippen LogP contribution in [0.25, 0.3) is 0 Å². The van der Waals surface area contributed by atoms with Crippen molar-refractivity contribution >= 4 is 23.3 Å². The predicted molar refractivity (Wildman–Crippen MR) is 78.5 cm³/mol. The van der Waals surface area contributed by atoms with Gasteiger partial charge < -0.3 is 20.3 Å². The molecule has 0 aliphatic rings. The molecular weight excluding hydrogens is 292 g/mol. The Hall–Kier alpha value is -2.35. The zero-order valence-corrected chi connectivity index (χ0v) is 12.3. The molecule has 112 valence electrons. The van der Waals surface area contributed by atoms with E-state index in [1.807, 2.05) is 23.8 Å². The number of thiophene rings is 1. The minimum absolute atomic E-state index is 0.00877. The van der Waals surface area contributed by atoms with Crippen LogP contribution in [0.2, 0.25) is 0 Å². The largest absolute Gasteiger partial charge is 0.476 e. The molecule has 1 atom stereocenters. The summed E-state index contributed by atoms with van der Waals surface area (Å²) in [5.41, 5.74) is 1.06. The molecule has 1 unspecified atom stereocenters. The highest BCUT2D eigenvalue weighted by Gasteiger charge is 2.09. The maximum absolute atomic E-state index is 11.7. The number of imidazole rings is 1. The smallest absolute Gasteiger partial charge is 0.356 e. The topological polar surface area (TPSA) is 96.3 Å². The normalized spacial score (nSPS) is 11.9. The Labute approximate surface area is 125 Å². The fourth-order valence-corrected chi connectivity index (χ4v) is 2.50. The zero-order chi connectivity index (χ0) is 15.2. The second kappa shape index (κ2) is 6.89. The van der Waals surface area contributed by atoms with E-state index in [0.29, 0.717) is 13.1 Å². The Kier molecular flexibility index (Phi) is 4.94. The van der Waals surface area contributed by atoms with Gasteiger partial charge in [-0.05, 0) is 29.3 Å². The molecule has 2 aromatic heterocycles. The van der Waals surface area contributed by atoms with E-state index in [2.05, 4.69) is 15.6 Å². The van der Waals surface area contributed by atoms with Crippen molar-refractivity contribution in [3.05, 3.63) is 40.6 Å². The number of hydrogen-bond donors (Lipinski definition) is 3. The number of aromatic nitrogens is 2. The quantitative estimate of drug-likeness (QED) is 0.757. The number of rotatable bonds is 6. The highest BCUT2D eigenvalue weighted by atomic mass is 32.1.